The van der Waals surface area contributed by atoms with Crippen LogP contribution in [-0.2, 0) is 14.3 Å². The molecular formula is C27H43N3O5. The van der Waals surface area contributed by atoms with Gasteiger partial charge in [-0.05, 0) is 72.4 Å². The number of nitrogens with zero attached hydrogens (tertiary/aromatic N) is 1. The lowest BCUT2D eigenvalue weighted by Gasteiger charge is -2.38. The van der Waals surface area contributed by atoms with Gasteiger partial charge in [0.15, 0.2) is 0 Å². The summed E-state index contributed by atoms with van der Waals surface area (Å²) in [7, 11) is 0. The van der Waals surface area contributed by atoms with Crippen LogP contribution in [0.25, 0.3) is 0 Å². The highest BCUT2D eigenvalue weighted by Gasteiger charge is 2.39. The SMILES string of the molecule is Cc1ccc(C)c(C(C(=O)NC2CCCCC2)N(C(=O)C(CO)NC(=O)OC(C)(C)C)C(C)C)c1. The molecule has 0 saturated heterocycles. The van der Waals surface area contributed by atoms with Crippen molar-refractivity contribution < 1.29 is 24.2 Å². The quantitative estimate of drug-likeness (QED) is 0.513. The Hall–Kier alpha value is -2.61. The third-order valence-electron chi connectivity index (χ3n) is 6.19. The van der Waals surface area contributed by atoms with E-state index in [1.54, 1.807) is 20.8 Å². The molecule has 196 valence electrons. The van der Waals surface area contributed by atoms with Crippen molar-refractivity contribution in [2.24, 2.45) is 0 Å². The summed E-state index contributed by atoms with van der Waals surface area (Å²) in [6.07, 6.45) is 4.33. The third kappa shape index (κ3) is 8.23. The number of amides is 3. The molecule has 1 fully saturated rings. The first-order valence-electron chi connectivity index (χ1n) is 12.6. The molecule has 8 heteroatoms. The van der Waals surface area contributed by atoms with Gasteiger partial charge in [0.1, 0.15) is 17.7 Å². The Balaban J connectivity index is 2.43. The first kappa shape index (κ1) is 28.6. The maximum absolute atomic E-state index is 13.8. The van der Waals surface area contributed by atoms with Crippen LogP contribution in [0.2, 0.25) is 0 Å². The van der Waals surface area contributed by atoms with Crippen LogP contribution in [0.3, 0.4) is 0 Å². The van der Waals surface area contributed by atoms with Crippen LogP contribution in [0.4, 0.5) is 4.79 Å². The van der Waals surface area contributed by atoms with Gasteiger partial charge in [0.2, 0.25) is 11.8 Å². The zero-order valence-electron chi connectivity index (χ0n) is 22.3. The van der Waals surface area contributed by atoms with Crippen molar-refractivity contribution in [3.05, 3.63) is 34.9 Å². The highest BCUT2D eigenvalue weighted by atomic mass is 16.6. The molecule has 0 spiro atoms. The number of carbonyl (C=O) groups is 3. The van der Waals surface area contributed by atoms with Crippen LogP contribution in [-0.4, -0.2) is 58.2 Å². The van der Waals surface area contributed by atoms with E-state index in [1.165, 1.54) is 4.90 Å². The minimum atomic E-state index is -1.25. The van der Waals surface area contributed by atoms with E-state index in [4.69, 9.17) is 4.74 Å². The number of nitrogens with one attached hydrogen (secondary N) is 2. The summed E-state index contributed by atoms with van der Waals surface area (Å²) in [5.41, 5.74) is 1.84. The van der Waals surface area contributed by atoms with Crippen LogP contribution >= 0.6 is 0 Å². The lowest BCUT2D eigenvalue weighted by molar-refractivity contribution is -0.145. The predicted octanol–water partition coefficient (Wildman–Crippen LogP) is 3.92. The molecular weight excluding hydrogens is 446 g/mol. The number of aryl methyl sites for hydroxylation is 2. The van der Waals surface area contributed by atoms with Crippen LogP contribution in [0, 0.1) is 13.8 Å². The second-order valence-corrected chi connectivity index (χ2v) is 10.8. The number of alkyl carbamates (subject to hydrolysis) is 1. The number of ether oxygens (including phenoxy) is 1. The van der Waals surface area contributed by atoms with Gasteiger partial charge in [-0.15, -0.1) is 0 Å². The predicted molar refractivity (Wildman–Crippen MR) is 136 cm³/mol. The minimum absolute atomic E-state index is 0.0708. The molecule has 1 aliphatic carbocycles. The molecule has 0 aromatic heterocycles. The number of aliphatic hydroxyl groups excluding tert-OH is 1. The summed E-state index contributed by atoms with van der Waals surface area (Å²) in [5, 5.41) is 15.7. The third-order valence-corrected chi connectivity index (χ3v) is 6.19. The molecule has 2 unspecified atom stereocenters. The van der Waals surface area contributed by atoms with E-state index in [0.717, 1.165) is 48.8 Å². The molecule has 2 atom stereocenters. The molecule has 2 rings (SSSR count). The first-order chi connectivity index (χ1) is 16.3. The van der Waals surface area contributed by atoms with Gasteiger partial charge in [0, 0.05) is 12.1 Å². The highest BCUT2D eigenvalue weighted by molar-refractivity contribution is 5.92. The van der Waals surface area contributed by atoms with Crippen molar-refractivity contribution in [2.45, 2.75) is 110 Å². The van der Waals surface area contributed by atoms with Gasteiger partial charge in [0.25, 0.3) is 0 Å². The van der Waals surface area contributed by atoms with Crippen molar-refractivity contribution in [3.63, 3.8) is 0 Å². The lowest BCUT2D eigenvalue weighted by Crippen LogP contribution is -2.57. The van der Waals surface area contributed by atoms with E-state index in [-0.39, 0.29) is 18.0 Å². The number of hydrogen-bond acceptors (Lipinski definition) is 5. The second kappa shape index (κ2) is 12.4. The van der Waals surface area contributed by atoms with E-state index >= 15 is 0 Å². The molecule has 1 aromatic rings. The minimum Gasteiger partial charge on any atom is -0.444 e. The Bertz CT molecular complexity index is 887. The summed E-state index contributed by atoms with van der Waals surface area (Å²) in [5.74, 6) is -0.792. The van der Waals surface area contributed by atoms with Gasteiger partial charge >= 0.3 is 6.09 Å². The molecule has 1 aliphatic rings. The normalized spacial score (nSPS) is 16.4. The van der Waals surface area contributed by atoms with Crippen LogP contribution in [0.5, 0.6) is 0 Å². The van der Waals surface area contributed by atoms with Crippen LogP contribution in [0.15, 0.2) is 18.2 Å². The Morgan fingerprint density at radius 3 is 2.29 bits per heavy atom. The Morgan fingerprint density at radius 1 is 1.11 bits per heavy atom. The smallest absolute Gasteiger partial charge is 0.408 e. The number of benzene rings is 1. The van der Waals surface area contributed by atoms with Gasteiger partial charge in [0.05, 0.1) is 6.61 Å². The fraction of sp³-hybridized carbons (Fsp3) is 0.667. The Morgan fingerprint density at radius 2 is 1.74 bits per heavy atom. The molecule has 0 aliphatic heterocycles. The molecule has 1 saturated carbocycles. The summed E-state index contributed by atoms with van der Waals surface area (Å²) >= 11 is 0. The maximum atomic E-state index is 13.8. The lowest BCUT2D eigenvalue weighted by atomic mass is 9.92. The van der Waals surface area contributed by atoms with Crippen molar-refractivity contribution in [1.82, 2.24) is 15.5 Å². The summed E-state index contributed by atoms with van der Waals surface area (Å²) in [4.78, 5) is 41.3. The van der Waals surface area contributed by atoms with Crippen molar-refractivity contribution >= 4 is 17.9 Å². The Labute approximate surface area is 209 Å². The summed E-state index contributed by atoms with van der Waals surface area (Å²) in [6.45, 7) is 12.0. The highest BCUT2D eigenvalue weighted by Crippen LogP contribution is 2.29. The maximum Gasteiger partial charge on any atom is 0.408 e. The Kier molecular flexibility index (Phi) is 10.1. The average molecular weight is 490 g/mol. The van der Waals surface area contributed by atoms with Crippen molar-refractivity contribution in [3.8, 4) is 0 Å². The summed E-state index contributed by atoms with van der Waals surface area (Å²) < 4.78 is 5.28. The van der Waals surface area contributed by atoms with Gasteiger partial charge in [-0.1, -0.05) is 43.0 Å². The molecule has 1 aromatic carbocycles. The van der Waals surface area contributed by atoms with Crippen LogP contribution in [0.1, 0.15) is 89.5 Å². The second-order valence-electron chi connectivity index (χ2n) is 10.8. The van der Waals surface area contributed by atoms with E-state index in [9.17, 15) is 19.5 Å². The molecule has 0 bridgehead atoms. The number of aliphatic hydroxyl groups is 1. The standard InChI is InChI=1S/C27H43N3O5/c1-17(2)30(25(33)22(16-31)29-26(34)35-27(5,6)7)23(21-15-18(3)13-14-19(21)4)24(32)28-20-11-9-8-10-12-20/h13-15,17,20,22-23,31H,8-12,16H2,1-7H3,(H,28,32)(H,29,34). The molecule has 0 radical (unpaired) electrons. The topological polar surface area (TPSA) is 108 Å². The van der Waals surface area contributed by atoms with E-state index in [0.29, 0.717) is 0 Å². The number of rotatable bonds is 8. The van der Waals surface area contributed by atoms with E-state index in [2.05, 4.69) is 10.6 Å². The largest absolute Gasteiger partial charge is 0.444 e. The van der Waals surface area contributed by atoms with Gasteiger partial charge in [-0.25, -0.2) is 4.79 Å². The molecule has 8 nitrogen and oxygen atoms in total. The van der Waals surface area contributed by atoms with Crippen LogP contribution < -0.4 is 10.6 Å². The average Bonchev–Trinajstić information content (AvgIpc) is 2.76. The monoisotopic (exact) mass is 489 g/mol. The fourth-order valence-corrected chi connectivity index (χ4v) is 4.49. The summed E-state index contributed by atoms with van der Waals surface area (Å²) in [6, 6.07) is 3.38. The van der Waals surface area contributed by atoms with E-state index in [1.807, 2.05) is 45.9 Å². The zero-order valence-corrected chi connectivity index (χ0v) is 22.3. The van der Waals surface area contributed by atoms with Crippen molar-refractivity contribution in [2.75, 3.05) is 6.61 Å². The number of hydrogen-bond donors (Lipinski definition) is 3. The van der Waals surface area contributed by atoms with E-state index < -0.39 is 36.3 Å². The van der Waals surface area contributed by atoms with Crippen molar-refractivity contribution in [1.29, 1.82) is 0 Å². The van der Waals surface area contributed by atoms with Gasteiger partial charge in [-0.3, -0.25) is 9.59 Å². The molecule has 3 N–H and O–H groups in total. The molecule has 35 heavy (non-hydrogen) atoms. The van der Waals surface area contributed by atoms with Gasteiger partial charge in [-0.2, -0.15) is 0 Å². The first-order valence-corrected chi connectivity index (χ1v) is 12.6. The molecule has 0 heterocycles. The zero-order chi connectivity index (χ0) is 26.3. The fourth-order valence-electron chi connectivity index (χ4n) is 4.49. The molecule has 3 amide bonds. The van der Waals surface area contributed by atoms with Gasteiger partial charge < -0.3 is 25.4 Å². The number of carbonyl (C=O) groups excluding carboxylic acids is 3.